The average molecular weight is 417 g/mol. The van der Waals surface area contributed by atoms with Crippen molar-refractivity contribution in [2.45, 2.75) is 11.4 Å². The van der Waals surface area contributed by atoms with Gasteiger partial charge in [-0.1, -0.05) is 30.3 Å². The second kappa shape index (κ2) is 8.30. The molecule has 0 fully saturated rings. The van der Waals surface area contributed by atoms with Crippen molar-refractivity contribution in [3.05, 3.63) is 97.0 Å². The third kappa shape index (κ3) is 4.13. The molecule has 2 N–H and O–H groups in total. The number of aromatic nitrogens is 3. The number of hydrogen-bond acceptors (Lipinski definition) is 6. The van der Waals surface area contributed by atoms with Crippen LogP contribution < -0.4 is 10.0 Å². The van der Waals surface area contributed by atoms with E-state index in [0.29, 0.717) is 22.8 Å². The maximum absolute atomic E-state index is 13.3. The van der Waals surface area contributed by atoms with Crippen LogP contribution in [0.5, 0.6) is 0 Å². The van der Waals surface area contributed by atoms with E-state index < -0.39 is 10.0 Å². The van der Waals surface area contributed by atoms with Gasteiger partial charge in [0.2, 0.25) is 0 Å². The minimum absolute atomic E-state index is 0.0144. The van der Waals surface area contributed by atoms with E-state index in [4.69, 9.17) is 5.73 Å². The smallest absolute Gasteiger partial charge is 0.264 e. The van der Waals surface area contributed by atoms with E-state index in [1.807, 2.05) is 36.4 Å². The summed E-state index contributed by atoms with van der Waals surface area (Å²) < 4.78 is 28.0. The first-order valence-electron chi connectivity index (χ1n) is 9.20. The third-order valence-corrected chi connectivity index (χ3v) is 6.29. The molecule has 2 aromatic carbocycles. The number of sulfonamides is 1. The summed E-state index contributed by atoms with van der Waals surface area (Å²) in [5.74, 6) is 0. The van der Waals surface area contributed by atoms with Gasteiger partial charge in [0.05, 0.1) is 34.7 Å². The maximum Gasteiger partial charge on any atom is 0.264 e. The SMILES string of the molecule is Nc1ccc(S(=O)(=O)N(Cc2ccc(-c3ccccc3)nn2)c2cccnc2)cc1. The molecule has 0 saturated carbocycles. The van der Waals surface area contributed by atoms with Crippen molar-refractivity contribution in [1.82, 2.24) is 15.2 Å². The number of pyridine rings is 1. The molecule has 2 heterocycles. The molecule has 0 aliphatic rings. The Morgan fingerprint density at radius 1 is 0.833 bits per heavy atom. The summed E-state index contributed by atoms with van der Waals surface area (Å²) in [5, 5.41) is 8.50. The van der Waals surface area contributed by atoms with Gasteiger partial charge in [0.1, 0.15) is 0 Å². The molecule has 0 radical (unpaired) electrons. The Morgan fingerprint density at radius 2 is 1.60 bits per heavy atom. The summed E-state index contributed by atoms with van der Waals surface area (Å²) >= 11 is 0. The molecule has 150 valence electrons. The highest BCUT2D eigenvalue weighted by Crippen LogP contribution is 2.25. The lowest BCUT2D eigenvalue weighted by molar-refractivity contribution is 0.589. The highest BCUT2D eigenvalue weighted by Gasteiger charge is 2.26. The lowest BCUT2D eigenvalue weighted by atomic mass is 10.1. The first-order valence-corrected chi connectivity index (χ1v) is 10.6. The number of nitrogen functional groups attached to an aromatic ring is 1. The Labute approximate surface area is 174 Å². The molecule has 4 rings (SSSR count). The van der Waals surface area contributed by atoms with E-state index in [9.17, 15) is 8.42 Å². The van der Waals surface area contributed by atoms with Gasteiger partial charge in [-0.25, -0.2) is 8.42 Å². The fraction of sp³-hybridized carbons (Fsp3) is 0.0455. The number of benzene rings is 2. The summed E-state index contributed by atoms with van der Waals surface area (Å²) in [6.45, 7) is 0.0144. The normalized spacial score (nSPS) is 11.2. The van der Waals surface area contributed by atoms with Crippen molar-refractivity contribution in [3.63, 3.8) is 0 Å². The van der Waals surface area contributed by atoms with E-state index in [0.717, 1.165) is 5.56 Å². The van der Waals surface area contributed by atoms with Gasteiger partial charge in [0.25, 0.3) is 10.0 Å². The Bertz CT molecular complexity index is 1210. The lowest BCUT2D eigenvalue weighted by Gasteiger charge is -2.23. The fourth-order valence-electron chi connectivity index (χ4n) is 2.94. The van der Waals surface area contributed by atoms with Crippen LogP contribution in [0, 0.1) is 0 Å². The van der Waals surface area contributed by atoms with Crippen LogP contribution in [0.15, 0.2) is 96.2 Å². The van der Waals surface area contributed by atoms with Crippen LogP contribution in [0.25, 0.3) is 11.3 Å². The van der Waals surface area contributed by atoms with E-state index in [-0.39, 0.29) is 11.4 Å². The van der Waals surface area contributed by atoms with Crippen LogP contribution in [0.2, 0.25) is 0 Å². The van der Waals surface area contributed by atoms with Crippen molar-refractivity contribution in [1.29, 1.82) is 0 Å². The molecule has 0 amide bonds. The molecule has 0 atom stereocenters. The zero-order valence-electron chi connectivity index (χ0n) is 16.0. The first kappa shape index (κ1) is 19.5. The van der Waals surface area contributed by atoms with Gasteiger partial charge in [-0.3, -0.25) is 9.29 Å². The Kier molecular flexibility index (Phi) is 5.40. The monoisotopic (exact) mass is 417 g/mol. The standard InChI is InChI=1S/C22H19N5O2S/c23-18-8-11-21(12-9-18)30(28,29)27(20-7-4-14-24-15-20)16-19-10-13-22(26-25-19)17-5-2-1-3-6-17/h1-15H,16,23H2. The molecule has 4 aromatic rings. The minimum Gasteiger partial charge on any atom is -0.399 e. The zero-order valence-corrected chi connectivity index (χ0v) is 16.8. The van der Waals surface area contributed by atoms with Crippen LogP contribution in [0.4, 0.5) is 11.4 Å². The summed E-state index contributed by atoms with van der Waals surface area (Å²) in [7, 11) is -3.86. The highest BCUT2D eigenvalue weighted by molar-refractivity contribution is 7.92. The predicted octanol–water partition coefficient (Wildman–Crippen LogP) is 3.52. The van der Waals surface area contributed by atoms with E-state index >= 15 is 0 Å². The van der Waals surface area contributed by atoms with Gasteiger partial charge in [-0.2, -0.15) is 10.2 Å². The summed E-state index contributed by atoms with van der Waals surface area (Å²) in [6, 6.07) is 22.7. The predicted molar refractivity (Wildman–Crippen MR) is 116 cm³/mol. The summed E-state index contributed by atoms with van der Waals surface area (Å²) in [4.78, 5) is 4.19. The molecule has 30 heavy (non-hydrogen) atoms. The zero-order chi connectivity index (χ0) is 21.0. The molecule has 2 aromatic heterocycles. The number of rotatable bonds is 6. The van der Waals surface area contributed by atoms with E-state index in [1.54, 1.807) is 36.5 Å². The van der Waals surface area contributed by atoms with Crippen LogP contribution in [0.1, 0.15) is 5.69 Å². The Hall–Kier alpha value is -3.78. The van der Waals surface area contributed by atoms with Gasteiger partial charge in [-0.05, 0) is 48.5 Å². The van der Waals surface area contributed by atoms with Crippen molar-refractivity contribution in [3.8, 4) is 11.3 Å². The van der Waals surface area contributed by atoms with Gasteiger partial charge < -0.3 is 5.73 Å². The first-order chi connectivity index (χ1) is 14.5. The van der Waals surface area contributed by atoms with Crippen LogP contribution >= 0.6 is 0 Å². The minimum atomic E-state index is -3.86. The van der Waals surface area contributed by atoms with Gasteiger partial charge in [0.15, 0.2) is 0 Å². The highest BCUT2D eigenvalue weighted by atomic mass is 32.2. The van der Waals surface area contributed by atoms with E-state index in [2.05, 4.69) is 15.2 Å². The number of nitrogens with zero attached hydrogens (tertiary/aromatic N) is 4. The molecular formula is C22H19N5O2S. The summed E-state index contributed by atoms with van der Waals surface area (Å²) in [6.07, 6.45) is 3.09. The number of hydrogen-bond donors (Lipinski definition) is 1. The quantitative estimate of drug-likeness (QED) is 0.482. The largest absolute Gasteiger partial charge is 0.399 e. The second-order valence-electron chi connectivity index (χ2n) is 6.57. The number of nitrogens with two attached hydrogens (primary N) is 1. The molecule has 7 nitrogen and oxygen atoms in total. The molecule has 0 aliphatic carbocycles. The second-order valence-corrected chi connectivity index (χ2v) is 8.43. The molecule has 8 heteroatoms. The van der Waals surface area contributed by atoms with Gasteiger partial charge in [-0.15, -0.1) is 0 Å². The topological polar surface area (TPSA) is 102 Å². The van der Waals surface area contributed by atoms with Crippen molar-refractivity contribution in [2.24, 2.45) is 0 Å². The van der Waals surface area contributed by atoms with E-state index in [1.165, 1.54) is 22.6 Å². The van der Waals surface area contributed by atoms with Crippen molar-refractivity contribution in [2.75, 3.05) is 10.0 Å². The molecule has 0 spiro atoms. The van der Waals surface area contributed by atoms with Crippen LogP contribution in [-0.2, 0) is 16.6 Å². The molecule has 0 saturated heterocycles. The fourth-order valence-corrected chi connectivity index (χ4v) is 4.36. The van der Waals surface area contributed by atoms with Gasteiger partial charge in [0, 0.05) is 17.4 Å². The average Bonchev–Trinajstić information content (AvgIpc) is 2.79. The Morgan fingerprint density at radius 3 is 2.23 bits per heavy atom. The molecular weight excluding hydrogens is 398 g/mol. The maximum atomic E-state index is 13.3. The van der Waals surface area contributed by atoms with Crippen molar-refractivity contribution < 1.29 is 8.42 Å². The summed E-state index contributed by atoms with van der Waals surface area (Å²) in [5.41, 5.74) is 8.80. The molecule has 0 unspecified atom stereocenters. The molecule has 0 aliphatic heterocycles. The third-order valence-electron chi connectivity index (χ3n) is 4.50. The molecule has 0 bridgehead atoms. The van der Waals surface area contributed by atoms with Crippen molar-refractivity contribution >= 4 is 21.4 Å². The van der Waals surface area contributed by atoms with Crippen LogP contribution in [0.3, 0.4) is 0 Å². The Balaban J connectivity index is 1.68. The van der Waals surface area contributed by atoms with Gasteiger partial charge >= 0.3 is 0 Å². The van der Waals surface area contributed by atoms with Crippen LogP contribution in [-0.4, -0.2) is 23.6 Å². The number of anilines is 2. The lowest BCUT2D eigenvalue weighted by Crippen LogP contribution is -2.31.